The maximum Gasteiger partial charge on any atom is 0.332 e. The van der Waals surface area contributed by atoms with E-state index in [0.29, 0.717) is 6.61 Å². The molecule has 0 radical (unpaired) electrons. The fraction of sp³-hybridized carbons (Fsp3) is 0.286. The Kier molecular flexibility index (Phi) is 7.09. The normalized spacial score (nSPS) is 11.4. The van der Waals surface area contributed by atoms with Crippen molar-refractivity contribution in [1.29, 1.82) is 0 Å². The van der Waals surface area contributed by atoms with Crippen LogP contribution in [0.1, 0.15) is 43.9 Å². The second-order valence-electron chi connectivity index (χ2n) is 5.57. The van der Waals surface area contributed by atoms with Crippen LogP contribution in [0.4, 0.5) is 0 Å². The molecule has 0 amide bonds. The number of carbonyl (C=O) groups is 1. The SMILES string of the molecule is CCC/C(=C/C(=O)OCC)NC(c1ccccc1)c1ccccc1. The summed E-state index contributed by atoms with van der Waals surface area (Å²) in [7, 11) is 0. The molecule has 2 aromatic carbocycles. The summed E-state index contributed by atoms with van der Waals surface area (Å²) in [6, 6.07) is 20.5. The van der Waals surface area contributed by atoms with Crippen LogP contribution in [-0.4, -0.2) is 12.6 Å². The number of hydrogen-bond donors (Lipinski definition) is 1. The molecule has 0 atom stereocenters. The number of allylic oxidation sites excluding steroid dienone is 1. The van der Waals surface area contributed by atoms with Crippen molar-refractivity contribution >= 4 is 5.97 Å². The van der Waals surface area contributed by atoms with Gasteiger partial charge >= 0.3 is 5.97 Å². The lowest BCUT2D eigenvalue weighted by Crippen LogP contribution is -2.23. The molecule has 0 aliphatic rings. The largest absolute Gasteiger partial charge is 0.463 e. The van der Waals surface area contributed by atoms with Gasteiger partial charge in [-0.3, -0.25) is 0 Å². The van der Waals surface area contributed by atoms with Crippen LogP contribution in [0.3, 0.4) is 0 Å². The van der Waals surface area contributed by atoms with Crippen molar-refractivity contribution in [2.45, 2.75) is 32.7 Å². The first-order valence-corrected chi connectivity index (χ1v) is 8.48. The summed E-state index contributed by atoms with van der Waals surface area (Å²) in [4.78, 5) is 11.8. The summed E-state index contributed by atoms with van der Waals surface area (Å²) >= 11 is 0. The van der Waals surface area contributed by atoms with Crippen LogP contribution < -0.4 is 5.32 Å². The number of esters is 1. The number of benzene rings is 2. The zero-order chi connectivity index (χ0) is 17.2. The van der Waals surface area contributed by atoms with E-state index in [0.717, 1.165) is 29.7 Å². The third kappa shape index (κ3) is 5.27. The molecule has 0 fully saturated rings. The van der Waals surface area contributed by atoms with Gasteiger partial charge in [-0.05, 0) is 24.5 Å². The Morgan fingerprint density at radius 1 is 1.00 bits per heavy atom. The summed E-state index contributed by atoms with van der Waals surface area (Å²) in [5.74, 6) is -0.298. The van der Waals surface area contributed by atoms with Crippen LogP contribution in [0.5, 0.6) is 0 Å². The molecule has 126 valence electrons. The van der Waals surface area contributed by atoms with Crippen LogP contribution in [-0.2, 0) is 9.53 Å². The number of hydrogen-bond acceptors (Lipinski definition) is 3. The van der Waals surface area contributed by atoms with E-state index in [9.17, 15) is 4.79 Å². The van der Waals surface area contributed by atoms with Crippen molar-refractivity contribution in [3.63, 3.8) is 0 Å². The second kappa shape index (κ2) is 9.56. The maximum absolute atomic E-state index is 11.8. The van der Waals surface area contributed by atoms with Gasteiger partial charge in [0, 0.05) is 11.8 Å². The Labute approximate surface area is 144 Å². The Hall–Kier alpha value is -2.55. The molecule has 2 rings (SSSR count). The van der Waals surface area contributed by atoms with Gasteiger partial charge in [0.15, 0.2) is 0 Å². The Morgan fingerprint density at radius 3 is 2.00 bits per heavy atom. The molecule has 2 aromatic rings. The first-order valence-electron chi connectivity index (χ1n) is 8.48. The molecule has 3 nitrogen and oxygen atoms in total. The van der Waals surface area contributed by atoms with E-state index < -0.39 is 0 Å². The molecule has 3 heteroatoms. The van der Waals surface area contributed by atoms with Crippen molar-refractivity contribution in [1.82, 2.24) is 5.32 Å². The van der Waals surface area contributed by atoms with E-state index in [2.05, 4.69) is 36.5 Å². The zero-order valence-corrected chi connectivity index (χ0v) is 14.4. The van der Waals surface area contributed by atoms with Gasteiger partial charge in [0.05, 0.1) is 12.6 Å². The summed E-state index contributed by atoms with van der Waals surface area (Å²) in [6.07, 6.45) is 3.33. The standard InChI is InChI=1S/C21H25NO2/c1-3-11-19(16-20(23)24-4-2)22-21(17-12-7-5-8-13-17)18-14-9-6-10-15-18/h5-10,12-16,21-22H,3-4,11H2,1-2H3/b19-16-. The van der Waals surface area contributed by atoms with Crippen molar-refractivity contribution < 1.29 is 9.53 Å². The Balaban J connectivity index is 2.31. The van der Waals surface area contributed by atoms with Gasteiger partial charge in [-0.1, -0.05) is 74.0 Å². The summed E-state index contributed by atoms with van der Waals surface area (Å²) < 4.78 is 5.06. The van der Waals surface area contributed by atoms with Gasteiger partial charge in [-0.25, -0.2) is 4.79 Å². The Morgan fingerprint density at radius 2 is 1.54 bits per heavy atom. The van der Waals surface area contributed by atoms with Gasteiger partial charge in [-0.15, -0.1) is 0 Å². The summed E-state index contributed by atoms with van der Waals surface area (Å²) in [5, 5.41) is 3.54. The average Bonchev–Trinajstić information content (AvgIpc) is 2.61. The topological polar surface area (TPSA) is 38.3 Å². The van der Waals surface area contributed by atoms with E-state index in [4.69, 9.17) is 4.74 Å². The Bertz CT molecular complexity index is 611. The molecular weight excluding hydrogens is 298 g/mol. The monoisotopic (exact) mass is 323 g/mol. The van der Waals surface area contributed by atoms with E-state index in [1.54, 1.807) is 6.08 Å². The average molecular weight is 323 g/mol. The van der Waals surface area contributed by atoms with Gasteiger partial charge in [-0.2, -0.15) is 0 Å². The minimum Gasteiger partial charge on any atom is -0.463 e. The zero-order valence-electron chi connectivity index (χ0n) is 14.4. The minimum absolute atomic E-state index is 0.000346. The fourth-order valence-electron chi connectivity index (χ4n) is 2.62. The lowest BCUT2D eigenvalue weighted by Gasteiger charge is -2.23. The maximum atomic E-state index is 11.8. The smallest absolute Gasteiger partial charge is 0.332 e. The number of carbonyl (C=O) groups excluding carboxylic acids is 1. The van der Waals surface area contributed by atoms with Crippen LogP contribution >= 0.6 is 0 Å². The lowest BCUT2D eigenvalue weighted by atomic mass is 9.98. The molecule has 0 saturated heterocycles. The van der Waals surface area contributed by atoms with Crippen molar-refractivity contribution in [2.24, 2.45) is 0 Å². The molecule has 0 aromatic heterocycles. The van der Waals surface area contributed by atoms with Gasteiger partial charge in [0.2, 0.25) is 0 Å². The molecular formula is C21H25NO2. The van der Waals surface area contributed by atoms with Crippen LogP contribution in [0.15, 0.2) is 72.4 Å². The molecule has 0 saturated carbocycles. The van der Waals surface area contributed by atoms with Crippen molar-refractivity contribution in [2.75, 3.05) is 6.61 Å². The molecule has 24 heavy (non-hydrogen) atoms. The first-order chi connectivity index (χ1) is 11.7. The van der Waals surface area contributed by atoms with Crippen LogP contribution in [0, 0.1) is 0 Å². The van der Waals surface area contributed by atoms with Crippen LogP contribution in [0.2, 0.25) is 0 Å². The molecule has 1 N–H and O–H groups in total. The highest BCUT2D eigenvalue weighted by atomic mass is 16.5. The predicted molar refractivity (Wildman–Crippen MR) is 97.5 cm³/mol. The van der Waals surface area contributed by atoms with E-state index in [-0.39, 0.29) is 12.0 Å². The number of ether oxygens (including phenoxy) is 1. The number of rotatable bonds is 8. The van der Waals surface area contributed by atoms with Crippen molar-refractivity contribution in [3.8, 4) is 0 Å². The first kappa shape index (κ1) is 17.8. The number of nitrogens with one attached hydrogen (secondary N) is 1. The van der Waals surface area contributed by atoms with E-state index in [1.165, 1.54) is 0 Å². The van der Waals surface area contributed by atoms with E-state index >= 15 is 0 Å². The van der Waals surface area contributed by atoms with E-state index in [1.807, 2.05) is 43.3 Å². The quantitative estimate of drug-likeness (QED) is 0.569. The minimum atomic E-state index is -0.298. The molecule has 0 aliphatic heterocycles. The molecule has 0 spiro atoms. The molecule has 0 heterocycles. The third-order valence-corrected chi connectivity index (χ3v) is 3.69. The second-order valence-corrected chi connectivity index (χ2v) is 5.57. The molecule has 0 bridgehead atoms. The highest BCUT2D eigenvalue weighted by Crippen LogP contribution is 2.24. The summed E-state index contributed by atoms with van der Waals surface area (Å²) in [5.41, 5.74) is 3.22. The van der Waals surface area contributed by atoms with Crippen molar-refractivity contribution in [3.05, 3.63) is 83.6 Å². The van der Waals surface area contributed by atoms with Crippen LogP contribution in [0.25, 0.3) is 0 Å². The fourth-order valence-corrected chi connectivity index (χ4v) is 2.62. The van der Waals surface area contributed by atoms with Gasteiger partial charge in [0.25, 0.3) is 0 Å². The van der Waals surface area contributed by atoms with Gasteiger partial charge in [0.1, 0.15) is 0 Å². The highest BCUT2D eigenvalue weighted by molar-refractivity contribution is 5.82. The predicted octanol–water partition coefficient (Wildman–Crippen LogP) is 4.61. The molecule has 0 unspecified atom stereocenters. The summed E-state index contributed by atoms with van der Waals surface area (Å²) in [6.45, 7) is 4.30. The highest BCUT2D eigenvalue weighted by Gasteiger charge is 2.15. The third-order valence-electron chi connectivity index (χ3n) is 3.69. The van der Waals surface area contributed by atoms with Gasteiger partial charge < -0.3 is 10.1 Å². The lowest BCUT2D eigenvalue weighted by molar-refractivity contribution is -0.137. The molecule has 0 aliphatic carbocycles.